The zero-order valence-corrected chi connectivity index (χ0v) is 12.8. The summed E-state index contributed by atoms with van der Waals surface area (Å²) >= 11 is 0. The van der Waals surface area contributed by atoms with Gasteiger partial charge in [-0.05, 0) is 17.5 Å². The number of hydrogen-bond donors (Lipinski definition) is 1. The molecule has 0 atom stereocenters. The van der Waals surface area contributed by atoms with Gasteiger partial charge in [0.05, 0.1) is 6.61 Å². The number of pyridine rings is 1. The van der Waals surface area contributed by atoms with E-state index in [2.05, 4.69) is 9.88 Å². The molecule has 0 aliphatic carbocycles. The van der Waals surface area contributed by atoms with E-state index in [1.54, 1.807) is 11.1 Å². The van der Waals surface area contributed by atoms with Gasteiger partial charge in [-0.15, -0.1) is 0 Å². The summed E-state index contributed by atoms with van der Waals surface area (Å²) in [7, 11) is 0. The minimum atomic E-state index is -0.213. The van der Waals surface area contributed by atoms with Crippen LogP contribution in [0.25, 0.3) is 0 Å². The van der Waals surface area contributed by atoms with Crippen molar-refractivity contribution in [1.29, 1.82) is 0 Å². The second-order valence-corrected chi connectivity index (χ2v) is 5.67. The Bertz CT molecular complexity index is 453. The Morgan fingerprint density at radius 3 is 2.57 bits per heavy atom. The van der Waals surface area contributed by atoms with E-state index in [4.69, 9.17) is 10.5 Å². The number of piperazine rings is 1. The molecule has 1 aliphatic rings. The maximum atomic E-state index is 11.9. The van der Waals surface area contributed by atoms with Crippen molar-refractivity contribution in [1.82, 2.24) is 9.88 Å². The summed E-state index contributed by atoms with van der Waals surface area (Å²) in [5.41, 5.74) is 6.59. The second kappa shape index (κ2) is 7.26. The number of carbonyl (C=O) groups excluding carboxylic acids is 1. The molecule has 0 unspecified atom stereocenters. The van der Waals surface area contributed by atoms with Gasteiger partial charge in [0.2, 0.25) is 0 Å². The monoisotopic (exact) mass is 292 g/mol. The Labute approximate surface area is 125 Å². The van der Waals surface area contributed by atoms with E-state index in [-0.39, 0.29) is 6.09 Å². The number of carbonyl (C=O) groups is 1. The molecule has 0 radical (unpaired) electrons. The van der Waals surface area contributed by atoms with Crippen molar-refractivity contribution < 1.29 is 9.53 Å². The zero-order valence-electron chi connectivity index (χ0n) is 12.8. The standard InChI is InChI=1S/C15H24N4O2/c1-12(2)11-21-15(20)19-7-5-18(6-8-19)14-4-3-13(9-16)10-17-14/h3-4,10,12H,5-9,11,16H2,1-2H3. The first-order valence-electron chi connectivity index (χ1n) is 7.41. The van der Waals surface area contributed by atoms with Gasteiger partial charge in [-0.3, -0.25) is 0 Å². The third-order valence-electron chi connectivity index (χ3n) is 3.45. The first-order chi connectivity index (χ1) is 10.1. The van der Waals surface area contributed by atoms with E-state index in [1.165, 1.54) is 0 Å². The fourth-order valence-electron chi connectivity index (χ4n) is 2.17. The van der Waals surface area contributed by atoms with Crippen molar-refractivity contribution in [3.8, 4) is 0 Å². The Hall–Kier alpha value is -1.82. The van der Waals surface area contributed by atoms with Crippen LogP contribution in [-0.4, -0.2) is 48.8 Å². The fourth-order valence-corrected chi connectivity index (χ4v) is 2.17. The molecule has 1 aromatic rings. The van der Waals surface area contributed by atoms with Gasteiger partial charge in [-0.1, -0.05) is 19.9 Å². The quantitative estimate of drug-likeness (QED) is 0.909. The maximum absolute atomic E-state index is 11.9. The third kappa shape index (κ3) is 4.32. The van der Waals surface area contributed by atoms with Crippen molar-refractivity contribution in [2.24, 2.45) is 11.7 Å². The number of rotatable bonds is 4. The summed E-state index contributed by atoms with van der Waals surface area (Å²) in [4.78, 5) is 20.2. The Balaban J connectivity index is 1.83. The SMILES string of the molecule is CC(C)COC(=O)N1CCN(c2ccc(CN)cn2)CC1. The molecular weight excluding hydrogens is 268 g/mol. The fraction of sp³-hybridized carbons (Fsp3) is 0.600. The maximum Gasteiger partial charge on any atom is 0.409 e. The van der Waals surface area contributed by atoms with Crippen LogP contribution in [0.5, 0.6) is 0 Å². The predicted molar refractivity (Wildman–Crippen MR) is 82.1 cm³/mol. The van der Waals surface area contributed by atoms with E-state index in [0.717, 1.165) is 24.5 Å². The van der Waals surface area contributed by atoms with Gasteiger partial charge in [0, 0.05) is 38.9 Å². The van der Waals surface area contributed by atoms with Crippen molar-refractivity contribution in [2.75, 3.05) is 37.7 Å². The molecule has 6 heteroatoms. The zero-order chi connectivity index (χ0) is 15.2. The van der Waals surface area contributed by atoms with Crippen molar-refractivity contribution >= 4 is 11.9 Å². The van der Waals surface area contributed by atoms with E-state index < -0.39 is 0 Å². The number of aromatic nitrogens is 1. The lowest BCUT2D eigenvalue weighted by Gasteiger charge is -2.34. The second-order valence-electron chi connectivity index (χ2n) is 5.67. The molecule has 0 saturated carbocycles. The highest BCUT2D eigenvalue weighted by molar-refractivity contribution is 5.68. The van der Waals surface area contributed by atoms with Crippen molar-refractivity contribution in [3.63, 3.8) is 0 Å². The van der Waals surface area contributed by atoms with E-state index in [0.29, 0.717) is 32.2 Å². The highest BCUT2D eigenvalue weighted by atomic mass is 16.6. The molecule has 1 aromatic heterocycles. The molecule has 0 bridgehead atoms. The lowest BCUT2D eigenvalue weighted by Crippen LogP contribution is -2.49. The first-order valence-corrected chi connectivity index (χ1v) is 7.41. The van der Waals surface area contributed by atoms with Gasteiger partial charge >= 0.3 is 6.09 Å². The van der Waals surface area contributed by atoms with Gasteiger partial charge in [-0.2, -0.15) is 0 Å². The van der Waals surface area contributed by atoms with Crippen LogP contribution in [-0.2, 0) is 11.3 Å². The van der Waals surface area contributed by atoms with E-state index in [9.17, 15) is 4.79 Å². The smallest absolute Gasteiger partial charge is 0.409 e. The molecule has 2 rings (SSSR count). The van der Waals surface area contributed by atoms with Crippen LogP contribution in [0.2, 0.25) is 0 Å². The predicted octanol–water partition coefficient (Wildman–Crippen LogP) is 1.45. The summed E-state index contributed by atoms with van der Waals surface area (Å²) in [5, 5.41) is 0. The molecule has 2 heterocycles. The topological polar surface area (TPSA) is 71.7 Å². The minimum absolute atomic E-state index is 0.213. The lowest BCUT2D eigenvalue weighted by molar-refractivity contribution is 0.0901. The molecule has 6 nitrogen and oxygen atoms in total. The summed E-state index contributed by atoms with van der Waals surface area (Å²) < 4.78 is 5.25. The number of anilines is 1. The Morgan fingerprint density at radius 2 is 2.05 bits per heavy atom. The van der Waals surface area contributed by atoms with Crippen molar-refractivity contribution in [2.45, 2.75) is 20.4 Å². The molecule has 21 heavy (non-hydrogen) atoms. The summed E-state index contributed by atoms with van der Waals surface area (Å²) in [6.45, 7) is 7.90. The van der Waals surface area contributed by atoms with Crippen LogP contribution >= 0.6 is 0 Å². The highest BCUT2D eigenvalue weighted by Crippen LogP contribution is 2.14. The molecular formula is C15H24N4O2. The molecule has 0 spiro atoms. The Morgan fingerprint density at radius 1 is 1.33 bits per heavy atom. The van der Waals surface area contributed by atoms with Gasteiger partial charge in [0.1, 0.15) is 5.82 Å². The number of nitrogens with two attached hydrogens (primary N) is 1. The van der Waals surface area contributed by atoms with Crippen LogP contribution < -0.4 is 10.6 Å². The summed E-state index contributed by atoms with van der Waals surface area (Å²) in [5.74, 6) is 1.29. The van der Waals surface area contributed by atoms with Crippen LogP contribution in [0.4, 0.5) is 10.6 Å². The summed E-state index contributed by atoms with van der Waals surface area (Å²) in [6, 6.07) is 3.97. The average Bonchev–Trinajstić information content (AvgIpc) is 2.53. The third-order valence-corrected chi connectivity index (χ3v) is 3.45. The largest absolute Gasteiger partial charge is 0.449 e. The van der Waals surface area contributed by atoms with Crippen LogP contribution in [0, 0.1) is 5.92 Å². The van der Waals surface area contributed by atoms with Crippen molar-refractivity contribution in [3.05, 3.63) is 23.9 Å². The molecule has 0 aromatic carbocycles. The number of amides is 1. The van der Waals surface area contributed by atoms with E-state index in [1.807, 2.05) is 26.0 Å². The molecule has 1 amide bonds. The van der Waals surface area contributed by atoms with Gasteiger partial charge in [0.25, 0.3) is 0 Å². The number of hydrogen-bond acceptors (Lipinski definition) is 5. The molecule has 1 aliphatic heterocycles. The number of nitrogens with zero attached hydrogens (tertiary/aromatic N) is 3. The van der Waals surface area contributed by atoms with Gasteiger partial charge < -0.3 is 20.3 Å². The van der Waals surface area contributed by atoms with Gasteiger partial charge in [-0.25, -0.2) is 9.78 Å². The lowest BCUT2D eigenvalue weighted by atomic mass is 10.2. The molecule has 1 saturated heterocycles. The molecule has 1 fully saturated rings. The van der Waals surface area contributed by atoms with Gasteiger partial charge in [0.15, 0.2) is 0 Å². The summed E-state index contributed by atoms with van der Waals surface area (Å²) in [6.07, 6.45) is 1.59. The van der Waals surface area contributed by atoms with Crippen LogP contribution in [0.3, 0.4) is 0 Å². The van der Waals surface area contributed by atoms with Crippen LogP contribution in [0.1, 0.15) is 19.4 Å². The minimum Gasteiger partial charge on any atom is -0.449 e. The Kier molecular flexibility index (Phi) is 5.38. The highest BCUT2D eigenvalue weighted by Gasteiger charge is 2.22. The molecule has 116 valence electrons. The molecule has 2 N–H and O–H groups in total. The average molecular weight is 292 g/mol. The normalized spacial score (nSPS) is 15.4. The van der Waals surface area contributed by atoms with Crippen LogP contribution in [0.15, 0.2) is 18.3 Å². The van der Waals surface area contributed by atoms with E-state index >= 15 is 0 Å². The first kappa shape index (κ1) is 15.6. The number of ether oxygens (including phenoxy) is 1.